The molecule has 0 heterocycles. The molecular weight excluding hydrogens is 286 g/mol. The molecule has 0 aromatic heterocycles. The Kier molecular flexibility index (Phi) is 6.55. The van der Waals surface area contributed by atoms with Crippen LogP contribution in [0, 0.1) is 0 Å². The van der Waals surface area contributed by atoms with Gasteiger partial charge in [0.25, 0.3) is 0 Å². The van der Waals surface area contributed by atoms with Gasteiger partial charge in [-0.3, -0.25) is 9.59 Å². The van der Waals surface area contributed by atoms with Crippen LogP contribution in [0.1, 0.15) is 54.6 Å². The van der Waals surface area contributed by atoms with E-state index in [1.165, 1.54) is 0 Å². The first-order valence-corrected chi connectivity index (χ1v) is 8.09. The van der Waals surface area contributed by atoms with Crippen molar-refractivity contribution in [1.29, 1.82) is 0 Å². The van der Waals surface area contributed by atoms with E-state index in [1.807, 2.05) is 67.6 Å². The van der Waals surface area contributed by atoms with E-state index in [0.717, 1.165) is 24.0 Å². The van der Waals surface area contributed by atoms with Crippen LogP contribution in [-0.2, 0) is 4.79 Å². The molecule has 23 heavy (non-hydrogen) atoms. The zero-order valence-corrected chi connectivity index (χ0v) is 13.5. The Bertz CT molecular complexity index is 623. The van der Waals surface area contributed by atoms with Gasteiger partial charge in [0.15, 0.2) is 5.78 Å². The molecule has 120 valence electrons. The molecule has 0 saturated heterocycles. The largest absolute Gasteiger partial charge is 0.350 e. The fourth-order valence-corrected chi connectivity index (χ4v) is 2.48. The Morgan fingerprint density at radius 2 is 1.43 bits per heavy atom. The van der Waals surface area contributed by atoms with Crippen molar-refractivity contribution in [3.63, 3.8) is 0 Å². The van der Waals surface area contributed by atoms with Gasteiger partial charge in [-0.05, 0) is 25.3 Å². The van der Waals surface area contributed by atoms with Crippen molar-refractivity contribution in [2.24, 2.45) is 0 Å². The zero-order chi connectivity index (χ0) is 16.5. The van der Waals surface area contributed by atoms with Gasteiger partial charge in [0, 0.05) is 18.4 Å². The van der Waals surface area contributed by atoms with Gasteiger partial charge in [0.1, 0.15) is 0 Å². The molecule has 0 bridgehead atoms. The summed E-state index contributed by atoms with van der Waals surface area (Å²) in [5.74, 6) is 0.178. The number of benzene rings is 2. The summed E-state index contributed by atoms with van der Waals surface area (Å²) < 4.78 is 0. The number of unbranched alkanes of at least 4 members (excludes halogenated alkanes) is 1. The van der Waals surface area contributed by atoms with Crippen molar-refractivity contribution in [3.05, 3.63) is 71.8 Å². The summed E-state index contributed by atoms with van der Waals surface area (Å²) in [4.78, 5) is 23.9. The lowest BCUT2D eigenvalue weighted by Gasteiger charge is -2.14. The van der Waals surface area contributed by atoms with Gasteiger partial charge in [0.05, 0.1) is 6.04 Å². The molecule has 3 nitrogen and oxygen atoms in total. The molecule has 2 rings (SSSR count). The van der Waals surface area contributed by atoms with E-state index < -0.39 is 0 Å². The molecule has 0 aliphatic rings. The van der Waals surface area contributed by atoms with Crippen molar-refractivity contribution in [2.75, 3.05) is 0 Å². The summed E-state index contributed by atoms with van der Waals surface area (Å²) in [7, 11) is 0. The number of hydrogen-bond donors (Lipinski definition) is 1. The van der Waals surface area contributed by atoms with Crippen LogP contribution in [0.2, 0.25) is 0 Å². The van der Waals surface area contributed by atoms with Crippen molar-refractivity contribution in [1.82, 2.24) is 5.32 Å². The van der Waals surface area contributed by atoms with E-state index in [-0.39, 0.29) is 17.7 Å². The van der Waals surface area contributed by atoms with E-state index in [1.54, 1.807) is 0 Å². The van der Waals surface area contributed by atoms with E-state index in [4.69, 9.17) is 0 Å². The minimum absolute atomic E-state index is 0.00894. The van der Waals surface area contributed by atoms with Crippen LogP contribution >= 0.6 is 0 Å². The molecule has 0 spiro atoms. The average Bonchev–Trinajstić information content (AvgIpc) is 2.60. The maximum atomic E-state index is 12.0. The SMILES string of the molecule is C[C@H](NC(=O)CCCCC(=O)c1ccccc1)c1ccccc1. The summed E-state index contributed by atoms with van der Waals surface area (Å²) >= 11 is 0. The molecule has 0 aliphatic heterocycles. The Hall–Kier alpha value is -2.42. The van der Waals surface area contributed by atoms with Gasteiger partial charge in [0.2, 0.25) is 5.91 Å². The van der Waals surface area contributed by atoms with Crippen LogP contribution in [-0.4, -0.2) is 11.7 Å². The van der Waals surface area contributed by atoms with Gasteiger partial charge >= 0.3 is 0 Å². The predicted molar refractivity (Wildman–Crippen MR) is 92.2 cm³/mol. The molecule has 2 aromatic carbocycles. The molecule has 1 N–H and O–H groups in total. The molecular formula is C20H23NO2. The van der Waals surface area contributed by atoms with Gasteiger partial charge < -0.3 is 5.32 Å². The molecule has 0 radical (unpaired) electrons. The summed E-state index contributed by atoms with van der Waals surface area (Å²) in [6, 6.07) is 19.2. The van der Waals surface area contributed by atoms with E-state index in [9.17, 15) is 9.59 Å². The third-order valence-corrected chi connectivity index (χ3v) is 3.83. The highest BCUT2D eigenvalue weighted by molar-refractivity contribution is 5.95. The smallest absolute Gasteiger partial charge is 0.220 e. The molecule has 0 fully saturated rings. The molecule has 1 amide bonds. The van der Waals surface area contributed by atoms with Crippen molar-refractivity contribution in [2.45, 2.75) is 38.6 Å². The predicted octanol–water partition coefficient (Wildman–Crippen LogP) is 4.31. The molecule has 0 aliphatic carbocycles. The standard InChI is InChI=1S/C20H23NO2/c1-16(17-10-4-2-5-11-17)21-20(23)15-9-8-14-19(22)18-12-6-3-7-13-18/h2-7,10-13,16H,8-9,14-15H2,1H3,(H,21,23)/t16-/m0/s1. The van der Waals surface area contributed by atoms with E-state index in [0.29, 0.717) is 12.8 Å². The maximum Gasteiger partial charge on any atom is 0.220 e. The van der Waals surface area contributed by atoms with Crippen LogP contribution in [0.5, 0.6) is 0 Å². The number of Topliss-reactive ketones (excluding diaryl/α,β-unsaturated/α-hetero) is 1. The zero-order valence-electron chi connectivity index (χ0n) is 13.5. The lowest BCUT2D eigenvalue weighted by Crippen LogP contribution is -2.26. The number of hydrogen-bond acceptors (Lipinski definition) is 2. The Labute approximate surface area is 137 Å². The normalized spacial score (nSPS) is 11.7. The second-order valence-electron chi connectivity index (χ2n) is 5.70. The fourth-order valence-electron chi connectivity index (χ4n) is 2.48. The van der Waals surface area contributed by atoms with Gasteiger partial charge in [-0.15, -0.1) is 0 Å². The second kappa shape index (κ2) is 8.89. The maximum absolute atomic E-state index is 12.0. The minimum atomic E-state index is 0.00894. The first kappa shape index (κ1) is 16.9. The Morgan fingerprint density at radius 3 is 2.09 bits per heavy atom. The monoisotopic (exact) mass is 309 g/mol. The number of nitrogens with one attached hydrogen (secondary N) is 1. The first-order valence-electron chi connectivity index (χ1n) is 8.09. The third kappa shape index (κ3) is 5.70. The molecule has 3 heteroatoms. The van der Waals surface area contributed by atoms with Crippen LogP contribution in [0.3, 0.4) is 0 Å². The highest BCUT2D eigenvalue weighted by Gasteiger charge is 2.09. The van der Waals surface area contributed by atoms with Crippen molar-refractivity contribution in [3.8, 4) is 0 Å². The molecule has 0 saturated carbocycles. The summed E-state index contributed by atoms with van der Waals surface area (Å²) in [6.07, 6.45) is 2.41. The second-order valence-corrected chi connectivity index (χ2v) is 5.70. The molecule has 2 aromatic rings. The quantitative estimate of drug-likeness (QED) is 0.583. The van der Waals surface area contributed by atoms with Gasteiger partial charge in [-0.1, -0.05) is 60.7 Å². The van der Waals surface area contributed by atoms with Crippen LogP contribution < -0.4 is 5.32 Å². The number of ketones is 1. The topological polar surface area (TPSA) is 46.2 Å². The number of carbonyl (C=O) groups excluding carboxylic acids is 2. The lowest BCUT2D eigenvalue weighted by atomic mass is 10.0. The van der Waals surface area contributed by atoms with Gasteiger partial charge in [-0.2, -0.15) is 0 Å². The summed E-state index contributed by atoms with van der Waals surface area (Å²) in [6.45, 7) is 1.98. The Morgan fingerprint density at radius 1 is 0.870 bits per heavy atom. The number of carbonyl (C=O) groups is 2. The van der Waals surface area contributed by atoms with E-state index >= 15 is 0 Å². The average molecular weight is 309 g/mol. The third-order valence-electron chi connectivity index (χ3n) is 3.83. The highest BCUT2D eigenvalue weighted by Crippen LogP contribution is 2.12. The first-order chi connectivity index (χ1) is 11.2. The summed E-state index contributed by atoms with van der Waals surface area (Å²) in [5, 5.41) is 2.99. The molecule has 1 atom stereocenters. The van der Waals surface area contributed by atoms with Crippen LogP contribution in [0.15, 0.2) is 60.7 Å². The Balaban J connectivity index is 1.66. The van der Waals surface area contributed by atoms with Crippen LogP contribution in [0.4, 0.5) is 0 Å². The highest BCUT2D eigenvalue weighted by atomic mass is 16.1. The van der Waals surface area contributed by atoms with E-state index in [2.05, 4.69) is 5.32 Å². The molecule has 0 unspecified atom stereocenters. The van der Waals surface area contributed by atoms with Crippen molar-refractivity contribution < 1.29 is 9.59 Å². The van der Waals surface area contributed by atoms with Crippen molar-refractivity contribution >= 4 is 11.7 Å². The number of rotatable bonds is 8. The van der Waals surface area contributed by atoms with Gasteiger partial charge in [-0.25, -0.2) is 0 Å². The number of amides is 1. The minimum Gasteiger partial charge on any atom is -0.350 e. The fraction of sp³-hybridized carbons (Fsp3) is 0.300. The lowest BCUT2D eigenvalue weighted by molar-refractivity contribution is -0.121. The van der Waals surface area contributed by atoms with Crippen LogP contribution in [0.25, 0.3) is 0 Å². The summed E-state index contributed by atoms with van der Waals surface area (Å²) in [5.41, 5.74) is 1.84.